The molecule has 34 heavy (non-hydrogen) atoms. The van der Waals surface area contributed by atoms with E-state index in [0.29, 0.717) is 47.0 Å². The van der Waals surface area contributed by atoms with E-state index in [4.69, 9.17) is 10.00 Å². The van der Waals surface area contributed by atoms with Crippen LogP contribution < -0.4 is 4.74 Å². The molecule has 3 atom stereocenters. The van der Waals surface area contributed by atoms with Gasteiger partial charge in [0, 0.05) is 37.2 Å². The van der Waals surface area contributed by atoms with E-state index in [1.807, 2.05) is 13.0 Å². The Kier molecular flexibility index (Phi) is 6.50. The van der Waals surface area contributed by atoms with Gasteiger partial charge in [0.25, 0.3) is 5.91 Å². The number of benzene rings is 1. The first-order valence-electron chi connectivity index (χ1n) is 10.8. The molecule has 3 aromatic rings. The predicted molar refractivity (Wildman–Crippen MR) is 119 cm³/mol. The molecule has 1 fully saturated rings. The molecule has 4 rings (SSSR count). The summed E-state index contributed by atoms with van der Waals surface area (Å²) < 4.78 is 33.7. The van der Waals surface area contributed by atoms with Gasteiger partial charge < -0.3 is 9.64 Å². The Balaban J connectivity index is 1.63. The van der Waals surface area contributed by atoms with Crippen LogP contribution in [0.4, 0.5) is 8.78 Å². The molecule has 0 radical (unpaired) electrons. The summed E-state index contributed by atoms with van der Waals surface area (Å²) >= 11 is 0. The van der Waals surface area contributed by atoms with Crippen molar-refractivity contribution in [1.29, 1.82) is 5.26 Å². The van der Waals surface area contributed by atoms with Crippen molar-refractivity contribution in [3.63, 3.8) is 0 Å². The van der Waals surface area contributed by atoms with E-state index >= 15 is 0 Å². The van der Waals surface area contributed by atoms with Crippen LogP contribution in [-0.2, 0) is 0 Å². The Morgan fingerprint density at radius 1 is 1.15 bits per heavy atom. The Bertz CT molecular complexity index is 1260. The van der Waals surface area contributed by atoms with Gasteiger partial charge in [-0.15, -0.1) is 0 Å². The second-order valence-corrected chi connectivity index (χ2v) is 8.46. The molecule has 0 unspecified atom stereocenters. The highest BCUT2D eigenvalue weighted by Crippen LogP contribution is 2.37. The predicted octanol–water partition coefficient (Wildman–Crippen LogP) is 3.96. The summed E-state index contributed by atoms with van der Waals surface area (Å²) in [4.78, 5) is 19.2. The first-order chi connectivity index (χ1) is 16.3. The Morgan fingerprint density at radius 2 is 1.94 bits per heavy atom. The van der Waals surface area contributed by atoms with Crippen molar-refractivity contribution in [2.24, 2.45) is 5.92 Å². The van der Waals surface area contributed by atoms with Gasteiger partial charge in [-0.2, -0.15) is 15.5 Å². The normalized spacial score (nSPS) is 18.4. The number of carbonyl (C=O) groups is 1. The standard InChI is InChI=1S/C25H23F2N5O2/c1-14-8-19(15(2)31-30-14)25(33)32-12-20(16(3)34-24-7-4-17(10-28)11-29-24)21(13-32)18-5-6-22(26)23(27)9-18/h4-9,11,16,20-21H,12-13H2,1-3H3/t16-,20+,21+/m0/s1. The number of halogens is 2. The van der Waals surface area contributed by atoms with Crippen LogP contribution in [0, 0.1) is 42.7 Å². The van der Waals surface area contributed by atoms with Gasteiger partial charge in [0.2, 0.25) is 5.88 Å². The zero-order valence-corrected chi connectivity index (χ0v) is 19.0. The second-order valence-electron chi connectivity index (χ2n) is 8.46. The van der Waals surface area contributed by atoms with Gasteiger partial charge in [-0.3, -0.25) is 4.79 Å². The van der Waals surface area contributed by atoms with Crippen LogP contribution in [0.1, 0.15) is 45.7 Å². The monoisotopic (exact) mass is 463 g/mol. The molecule has 9 heteroatoms. The minimum atomic E-state index is -0.937. The van der Waals surface area contributed by atoms with Crippen LogP contribution in [0.25, 0.3) is 0 Å². The minimum absolute atomic E-state index is 0.200. The van der Waals surface area contributed by atoms with E-state index in [1.165, 1.54) is 12.3 Å². The molecular weight excluding hydrogens is 440 g/mol. The molecule has 0 spiro atoms. The number of aryl methyl sites for hydroxylation is 2. The smallest absolute Gasteiger partial charge is 0.255 e. The molecule has 0 aliphatic carbocycles. The van der Waals surface area contributed by atoms with Crippen LogP contribution in [0.15, 0.2) is 42.6 Å². The summed E-state index contributed by atoms with van der Waals surface area (Å²) in [6.45, 7) is 6.00. The highest BCUT2D eigenvalue weighted by Gasteiger charge is 2.41. The highest BCUT2D eigenvalue weighted by molar-refractivity contribution is 5.95. The summed E-state index contributed by atoms with van der Waals surface area (Å²) in [5.74, 6) is -2.23. The zero-order chi connectivity index (χ0) is 24.4. The van der Waals surface area contributed by atoms with E-state index in [0.717, 1.165) is 6.07 Å². The van der Waals surface area contributed by atoms with Crippen molar-refractivity contribution in [2.75, 3.05) is 13.1 Å². The molecule has 1 amide bonds. The van der Waals surface area contributed by atoms with E-state index in [9.17, 15) is 13.6 Å². The van der Waals surface area contributed by atoms with Crippen molar-refractivity contribution >= 4 is 5.91 Å². The molecule has 2 aromatic heterocycles. The van der Waals surface area contributed by atoms with Gasteiger partial charge in [-0.05, 0) is 50.6 Å². The van der Waals surface area contributed by atoms with Crippen LogP contribution >= 0.6 is 0 Å². The number of carbonyl (C=O) groups excluding carboxylic acids is 1. The van der Waals surface area contributed by atoms with Crippen molar-refractivity contribution in [2.45, 2.75) is 32.8 Å². The molecule has 1 aliphatic rings. The Morgan fingerprint density at radius 3 is 2.62 bits per heavy atom. The van der Waals surface area contributed by atoms with Gasteiger partial charge in [-0.25, -0.2) is 13.8 Å². The third kappa shape index (κ3) is 4.71. The first-order valence-corrected chi connectivity index (χ1v) is 10.8. The van der Waals surface area contributed by atoms with Crippen LogP contribution in [-0.4, -0.2) is 45.2 Å². The average molecular weight is 463 g/mol. The molecule has 1 aliphatic heterocycles. The molecule has 3 heterocycles. The minimum Gasteiger partial charge on any atom is -0.474 e. The number of pyridine rings is 1. The number of ether oxygens (including phenoxy) is 1. The molecule has 174 valence electrons. The Labute approximate surface area is 196 Å². The zero-order valence-electron chi connectivity index (χ0n) is 19.0. The van der Waals surface area contributed by atoms with E-state index < -0.39 is 17.7 Å². The summed E-state index contributed by atoms with van der Waals surface area (Å²) in [5.41, 5.74) is 2.61. The number of hydrogen-bond acceptors (Lipinski definition) is 6. The molecule has 0 bridgehead atoms. The van der Waals surface area contributed by atoms with Crippen molar-refractivity contribution < 1.29 is 18.3 Å². The van der Waals surface area contributed by atoms with Gasteiger partial charge in [-0.1, -0.05) is 6.07 Å². The fourth-order valence-corrected chi connectivity index (χ4v) is 4.30. The van der Waals surface area contributed by atoms with Gasteiger partial charge >= 0.3 is 0 Å². The number of hydrogen-bond donors (Lipinski definition) is 0. The fraction of sp³-hybridized carbons (Fsp3) is 0.320. The number of nitriles is 1. The summed E-state index contributed by atoms with van der Waals surface area (Å²) in [7, 11) is 0. The highest BCUT2D eigenvalue weighted by atomic mass is 19.2. The van der Waals surface area contributed by atoms with Crippen molar-refractivity contribution in [1.82, 2.24) is 20.1 Å². The van der Waals surface area contributed by atoms with Crippen LogP contribution in [0.3, 0.4) is 0 Å². The van der Waals surface area contributed by atoms with E-state index in [-0.39, 0.29) is 17.7 Å². The maximum absolute atomic E-state index is 14.1. The number of amides is 1. The number of nitrogens with zero attached hydrogens (tertiary/aromatic N) is 5. The largest absolute Gasteiger partial charge is 0.474 e. The number of aromatic nitrogens is 3. The van der Waals surface area contributed by atoms with Gasteiger partial charge in [0.05, 0.1) is 22.5 Å². The first kappa shape index (κ1) is 23.2. The quantitative estimate of drug-likeness (QED) is 0.569. The third-order valence-corrected chi connectivity index (χ3v) is 6.13. The second kappa shape index (κ2) is 9.51. The SMILES string of the molecule is Cc1cc(C(=O)N2C[C@H]([C@H](C)Oc3ccc(C#N)cn3)[C@@H](c3ccc(F)c(F)c3)C2)c(C)nn1. The summed E-state index contributed by atoms with van der Waals surface area (Å²) in [6.07, 6.45) is 1.01. The van der Waals surface area contributed by atoms with E-state index in [2.05, 4.69) is 15.2 Å². The molecule has 1 saturated heterocycles. The molecule has 7 nitrogen and oxygen atoms in total. The number of likely N-dealkylation sites (tertiary alicyclic amines) is 1. The molecular formula is C25H23F2N5O2. The van der Waals surface area contributed by atoms with Gasteiger partial charge in [0.1, 0.15) is 12.2 Å². The molecule has 1 aromatic carbocycles. The van der Waals surface area contributed by atoms with Crippen LogP contribution in [0.2, 0.25) is 0 Å². The van der Waals surface area contributed by atoms with Crippen molar-refractivity contribution in [3.8, 4) is 11.9 Å². The summed E-state index contributed by atoms with van der Waals surface area (Å²) in [5, 5.41) is 17.0. The topological polar surface area (TPSA) is 92.0 Å². The van der Waals surface area contributed by atoms with Crippen LogP contribution in [0.5, 0.6) is 5.88 Å². The maximum Gasteiger partial charge on any atom is 0.255 e. The lowest BCUT2D eigenvalue weighted by atomic mass is 9.85. The molecule has 0 saturated carbocycles. The van der Waals surface area contributed by atoms with Crippen molar-refractivity contribution in [3.05, 3.63) is 82.3 Å². The fourth-order valence-electron chi connectivity index (χ4n) is 4.30. The van der Waals surface area contributed by atoms with Gasteiger partial charge in [0.15, 0.2) is 11.6 Å². The molecule has 0 N–H and O–H groups in total. The number of rotatable bonds is 5. The lowest BCUT2D eigenvalue weighted by molar-refractivity contribution is 0.0768. The third-order valence-electron chi connectivity index (χ3n) is 6.13. The maximum atomic E-state index is 14.1. The lowest BCUT2D eigenvalue weighted by Gasteiger charge is -2.25. The lowest BCUT2D eigenvalue weighted by Crippen LogP contribution is -2.33. The van der Waals surface area contributed by atoms with E-state index in [1.54, 1.807) is 43.0 Å². The Hall–Kier alpha value is -3.93. The average Bonchev–Trinajstić information content (AvgIpc) is 3.28. The summed E-state index contributed by atoms with van der Waals surface area (Å²) in [6, 6.07) is 10.7.